The van der Waals surface area contributed by atoms with Gasteiger partial charge in [-0.1, -0.05) is 29.8 Å². The number of hydrogen-bond donors (Lipinski definition) is 0. The largest absolute Gasteiger partial charge is 0.289 e. The maximum Gasteiger partial charge on any atom is 0.185 e. The second kappa shape index (κ2) is 7.36. The molecule has 2 aromatic carbocycles. The van der Waals surface area contributed by atoms with Gasteiger partial charge in [0.05, 0.1) is 5.02 Å². The summed E-state index contributed by atoms with van der Waals surface area (Å²) in [5.74, 6) is -0.871. The lowest BCUT2D eigenvalue weighted by molar-refractivity contribution is 0.104. The number of nitrogens with zero attached hydrogens (tertiary/aromatic N) is 1. The molecule has 0 unspecified atom stereocenters. The van der Waals surface area contributed by atoms with Crippen molar-refractivity contribution in [3.63, 3.8) is 0 Å². The second-order valence-electron chi connectivity index (χ2n) is 4.81. The highest BCUT2D eigenvalue weighted by Crippen LogP contribution is 2.18. The number of ketones is 1. The fraction of sp³-hybridized carbons (Fsp3) is 0. The van der Waals surface area contributed by atoms with Crippen LogP contribution in [0.1, 0.15) is 15.9 Å². The molecule has 0 fully saturated rings. The van der Waals surface area contributed by atoms with E-state index in [1.54, 1.807) is 18.5 Å². The zero-order valence-corrected chi connectivity index (χ0v) is 13.4. The van der Waals surface area contributed by atoms with Gasteiger partial charge in [0.2, 0.25) is 0 Å². The minimum Gasteiger partial charge on any atom is -0.289 e. The number of hydrogen-bond acceptors (Lipinski definition) is 2. The van der Waals surface area contributed by atoms with Crippen molar-refractivity contribution in [1.29, 1.82) is 0 Å². The number of halogens is 3. The second-order valence-corrected chi connectivity index (χ2v) is 5.22. The molecule has 0 spiro atoms. The molecule has 116 valence electrons. The van der Waals surface area contributed by atoms with Gasteiger partial charge in [0.25, 0.3) is 0 Å². The van der Waals surface area contributed by atoms with Crippen LogP contribution in [0.4, 0.5) is 4.39 Å². The van der Waals surface area contributed by atoms with E-state index in [1.807, 2.05) is 24.3 Å². The number of fused-ring (bicyclic) bond motifs is 1. The Morgan fingerprint density at radius 3 is 2.70 bits per heavy atom. The predicted molar refractivity (Wildman–Crippen MR) is 93.8 cm³/mol. The fourth-order valence-electron chi connectivity index (χ4n) is 2.12. The maximum absolute atomic E-state index is 13.4. The Balaban J connectivity index is 0.00000192. The van der Waals surface area contributed by atoms with Crippen LogP contribution >= 0.6 is 24.0 Å². The molecule has 0 bridgehead atoms. The van der Waals surface area contributed by atoms with Crippen LogP contribution in [0.3, 0.4) is 0 Å². The van der Waals surface area contributed by atoms with Crippen molar-refractivity contribution in [3.05, 3.63) is 82.9 Å². The molecule has 1 heterocycles. The number of carbonyl (C=O) groups is 1. The summed E-state index contributed by atoms with van der Waals surface area (Å²) in [4.78, 5) is 16.1. The van der Waals surface area contributed by atoms with Crippen LogP contribution < -0.4 is 0 Å². The Morgan fingerprint density at radius 2 is 1.91 bits per heavy atom. The van der Waals surface area contributed by atoms with E-state index in [1.165, 1.54) is 18.2 Å². The van der Waals surface area contributed by atoms with Gasteiger partial charge in [0, 0.05) is 23.3 Å². The van der Waals surface area contributed by atoms with Crippen molar-refractivity contribution in [3.8, 4) is 0 Å². The highest BCUT2D eigenvalue weighted by Gasteiger charge is 2.06. The molecule has 5 heteroatoms. The van der Waals surface area contributed by atoms with Crippen LogP contribution in [-0.2, 0) is 0 Å². The zero-order chi connectivity index (χ0) is 15.5. The minimum atomic E-state index is -0.598. The van der Waals surface area contributed by atoms with Gasteiger partial charge in [-0.2, -0.15) is 0 Å². The molecule has 0 atom stereocenters. The van der Waals surface area contributed by atoms with Gasteiger partial charge in [-0.15, -0.1) is 12.4 Å². The third kappa shape index (κ3) is 3.95. The lowest BCUT2D eigenvalue weighted by Crippen LogP contribution is -1.95. The standard InChI is InChI=1S/C18H11ClFNO.ClH/c19-16-5-4-14(10-17(16)20)18(22)6-2-12-1-3-15-11-21-8-7-13(15)9-12;/h1-11H;1H/b6-2+;. The quantitative estimate of drug-likeness (QED) is 0.472. The summed E-state index contributed by atoms with van der Waals surface area (Å²) in [5, 5.41) is 2.08. The summed E-state index contributed by atoms with van der Waals surface area (Å²) in [6.07, 6.45) is 6.63. The Labute approximate surface area is 144 Å². The molecule has 0 amide bonds. The van der Waals surface area contributed by atoms with E-state index in [-0.39, 0.29) is 28.8 Å². The van der Waals surface area contributed by atoms with Crippen LogP contribution in [0.15, 0.2) is 60.9 Å². The summed E-state index contributed by atoms with van der Waals surface area (Å²) in [5.41, 5.74) is 1.16. The number of rotatable bonds is 3. The summed E-state index contributed by atoms with van der Waals surface area (Å²) in [7, 11) is 0. The van der Waals surface area contributed by atoms with Gasteiger partial charge >= 0.3 is 0 Å². The van der Waals surface area contributed by atoms with E-state index >= 15 is 0 Å². The molecule has 0 saturated carbocycles. The first-order chi connectivity index (χ1) is 10.6. The van der Waals surface area contributed by atoms with E-state index in [0.29, 0.717) is 0 Å². The topological polar surface area (TPSA) is 30.0 Å². The van der Waals surface area contributed by atoms with Gasteiger partial charge in [0.1, 0.15) is 5.82 Å². The zero-order valence-electron chi connectivity index (χ0n) is 11.9. The summed E-state index contributed by atoms with van der Waals surface area (Å²) >= 11 is 5.60. The third-order valence-electron chi connectivity index (χ3n) is 3.30. The molecule has 1 aromatic heterocycles. The number of benzene rings is 2. The molecule has 3 aromatic rings. The van der Waals surface area contributed by atoms with E-state index in [4.69, 9.17) is 11.6 Å². The predicted octanol–water partition coefficient (Wildman–Crippen LogP) is 5.35. The lowest BCUT2D eigenvalue weighted by Gasteiger charge is -2.00. The Hall–Kier alpha value is -2.23. The lowest BCUT2D eigenvalue weighted by atomic mass is 10.1. The first-order valence-corrected chi connectivity index (χ1v) is 7.02. The van der Waals surface area contributed by atoms with Gasteiger partial charge in [-0.05, 0) is 47.4 Å². The summed E-state index contributed by atoms with van der Waals surface area (Å²) in [6, 6.07) is 11.7. The van der Waals surface area contributed by atoms with E-state index in [9.17, 15) is 9.18 Å². The van der Waals surface area contributed by atoms with Crippen molar-refractivity contribution >= 4 is 46.6 Å². The van der Waals surface area contributed by atoms with Gasteiger partial charge < -0.3 is 0 Å². The Bertz CT molecular complexity index is 893. The summed E-state index contributed by atoms with van der Waals surface area (Å²) < 4.78 is 13.4. The first-order valence-electron chi connectivity index (χ1n) is 6.65. The molecule has 3 rings (SSSR count). The molecular formula is C18H12Cl2FNO. The molecule has 23 heavy (non-hydrogen) atoms. The van der Waals surface area contributed by atoms with Crippen LogP contribution in [-0.4, -0.2) is 10.8 Å². The van der Waals surface area contributed by atoms with E-state index in [0.717, 1.165) is 22.4 Å². The van der Waals surface area contributed by atoms with Crippen LogP contribution in [0, 0.1) is 5.82 Å². The molecule has 0 radical (unpaired) electrons. The monoisotopic (exact) mass is 347 g/mol. The molecule has 0 aliphatic heterocycles. The molecule has 0 N–H and O–H groups in total. The van der Waals surface area contributed by atoms with Gasteiger partial charge in [0.15, 0.2) is 5.78 Å². The van der Waals surface area contributed by atoms with Crippen molar-refractivity contribution in [1.82, 2.24) is 4.98 Å². The van der Waals surface area contributed by atoms with Gasteiger partial charge in [-0.25, -0.2) is 4.39 Å². The molecule has 2 nitrogen and oxygen atoms in total. The van der Waals surface area contributed by atoms with Crippen molar-refractivity contribution < 1.29 is 9.18 Å². The van der Waals surface area contributed by atoms with Crippen LogP contribution in [0.25, 0.3) is 16.8 Å². The highest BCUT2D eigenvalue weighted by atomic mass is 35.5. The maximum atomic E-state index is 13.4. The fourth-order valence-corrected chi connectivity index (χ4v) is 2.24. The van der Waals surface area contributed by atoms with Crippen LogP contribution in [0.2, 0.25) is 5.02 Å². The summed E-state index contributed by atoms with van der Waals surface area (Å²) in [6.45, 7) is 0. The van der Waals surface area contributed by atoms with E-state index in [2.05, 4.69) is 4.98 Å². The molecule has 0 aliphatic rings. The van der Waals surface area contributed by atoms with Crippen molar-refractivity contribution in [2.24, 2.45) is 0 Å². The smallest absolute Gasteiger partial charge is 0.185 e. The molecule has 0 aliphatic carbocycles. The number of allylic oxidation sites excluding steroid dienone is 1. The molecular weight excluding hydrogens is 336 g/mol. The van der Waals surface area contributed by atoms with Crippen LogP contribution in [0.5, 0.6) is 0 Å². The highest BCUT2D eigenvalue weighted by molar-refractivity contribution is 6.30. The first kappa shape index (κ1) is 17.1. The number of pyridine rings is 1. The third-order valence-corrected chi connectivity index (χ3v) is 3.60. The van der Waals surface area contributed by atoms with Crippen molar-refractivity contribution in [2.45, 2.75) is 0 Å². The SMILES string of the molecule is Cl.O=C(/C=C/c1ccc2cnccc2c1)c1ccc(Cl)c(F)c1. The van der Waals surface area contributed by atoms with Gasteiger partial charge in [-0.3, -0.25) is 9.78 Å². The average molecular weight is 348 g/mol. The Kier molecular flexibility index (Phi) is 5.48. The van der Waals surface area contributed by atoms with E-state index < -0.39 is 5.82 Å². The molecule has 0 saturated heterocycles. The Morgan fingerprint density at radius 1 is 1.09 bits per heavy atom. The van der Waals surface area contributed by atoms with Crippen molar-refractivity contribution in [2.75, 3.05) is 0 Å². The normalized spacial score (nSPS) is 10.7. The number of carbonyl (C=O) groups excluding carboxylic acids is 1. The minimum absolute atomic E-state index is 0. The number of aromatic nitrogens is 1. The average Bonchev–Trinajstić information content (AvgIpc) is 2.55.